The molecule has 0 unspecified atom stereocenters. The summed E-state index contributed by atoms with van der Waals surface area (Å²) in [5, 5.41) is 0. The van der Waals surface area contributed by atoms with Gasteiger partial charge in [-0.15, -0.1) is 0 Å². The van der Waals surface area contributed by atoms with Crippen LogP contribution in [-0.4, -0.2) is 55.6 Å². The molecule has 0 aliphatic carbocycles. The molecule has 2 aliphatic heterocycles. The molecule has 7 nitrogen and oxygen atoms in total. The van der Waals surface area contributed by atoms with Crippen LogP contribution in [-0.2, 0) is 9.53 Å². The van der Waals surface area contributed by atoms with Crippen LogP contribution >= 0.6 is 0 Å². The lowest BCUT2D eigenvalue weighted by Crippen LogP contribution is -2.34. The topological polar surface area (TPSA) is 72.0 Å². The van der Waals surface area contributed by atoms with E-state index in [0.29, 0.717) is 17.5 Å². The van der Waals surface area contributed by atoms with Crippen LogP contribution in [0, 0.1) is 11.8 Å². The maximum Gasteiger partial charge on any atom is 0.356 e. The summed E-state index contributed by atoms with van der Waals surface area (Å²) >= 11 is 0. The molecule has 2 fully saturated rings. The molecule has 152 valence electrons. The van der Waals surface area contributed by atoms with Crippen LogP contribution in [0.15, 0.2) is 42.5 Å². The Balaban J connectivity index is 1.60. The molecule has 0 saturated carbocycles. The number of hydrogen-bond donors (Lipinski definition) is 0. The van der Waals surface area contributed by atoms with Gasteiger partial charge in [0.15, 0.2) is 5.69 Å². The minimum absolute atomic E-state index is 0.0252. The third-order valence-corrected chi connectivity index (χ3v) is 5.98. The highest BCUT2D eigenvalue weighted by atomic mass is 16.5. The van der Waals surface area contributed by atoms with Crippen LogP contribution in [0.4, 0.5) is 5.82 Å². The first kappa shape index (κ1) is 19.2. The summed E-state index contributed by atoms with van der Waals surface area (Å²) in [6, 6.07) is 13.4. The molecule has 0 spiro atoms. The Hall–Kier alpha value is -3.09. The molecule has 1 aromatic heterocycles. The van der Waals surface area contributed by atoms with Crippen molar-refractivity contribution in [3.63, 3.8) is 0 Å². The Morgan fingerprint density at radius 3 is 2.45 bits per heavy atom. The monoisotopic (exact) mass is 395 g/mol. The number of ether oxygens (including phenoxy) is 2. The minimum atomic E-state index is -0.440. The van der Waals surface area contributed by atoms with Crippen LogP contribution in [0.1, 0.15) is 29.0 Å². The lowest BCUT2D eigenvalue weighted by molar-refractivity contribution is -0.130. The summed E-state index contributed by atoms with van der Waals surface area (Å²) in [5.41, 5.74) is 1.42. The number of esters is 1. The summed E-state index contributed by atoms with van der Waals surface area (Å²) in [4.78, 5) is 32.8. The van der Waals surface area contributed by atoms with Gasteiger partial charge in [-0.05, 0) is 29.8 Å². The third kappa shape index (κ3) is 3.52. The predicted molar refractivity (Wildman–Crippen MR) is 108 cm³/mol. The number of carbonyl (C=O) groups is 2. The number of hydrogen-bond acceptors (Lipinski definition) is 6. The largest absolute Gasteiger partial charge is 0.497 e. The Labute approximate surface area is 170 Å². The highest BCUT2D eigenvalue weighted by Gasteiger charge is 2.48. The van der Waals surface area contributed by atoms with Gasteiger partial charge in [0.05, 0.1) is 20.3 Å². The Bertz CT molecular complexity index is 915. The van der Waals surface area contributed by atoms with Gasteiger partial charge in [0.1, 0.15) is 11.6 Å². The molecule has 7 heteroatoms. The zero-order valence-electron chi connectivity index (χ0n) is 16.9. The van der Waals surface area contributed by atoms with Crippen molar-refractivity contribution in [3.05, 3.63) is 53.7 Å². The van der Waals surface area contributed by atoms with Gasteiger partial charge in [-0.25, -0.2) is 9.78 Å². The van der Waals surface area contributed by atoms with Gasteiger partial charge < -0.3 is 19.3 Å². The lowest BCUT2D eigenvalue weighted by Gasteiger charge is -2.29. The molecule has 2 aromatic rings. The average molecular weight is 395 g/mol. The standard InChI is InChI=1S/C22H25N3O4/c1-14(26)25-12-16-11-24(20-6-4-5-19(23-20)22(27)29-3)13-18(16)21(25)15-7-9-17(28-2)10-8-15/h4-10,16,18,21H,11-13H2,1-3H3/t16-,18-,21+/m1/s1. The second-order valence-corrected chi connectivity index (χ2v) is 7.59. The number of carbonyl (C=O) groups excluding carboxylic acids is 2. The molecule has 2 saturated heterocycles. The van der Waals surface area contributed by atoms with Crippen LogP contribution in [0.3, 0.4) is 0 Å². The van der Waals surface area contributed by atoms with Crippen LogP contribution < -0.4 is 9.64 Å². The van der Waals surface area contributed by atoms with Crippen molar-refractivity contribution in [2.75, 3.05) is 38.8 Å². The molecule has 3 atom stereocenters. The van der Waals surface area contributed by atoms with E-state index in [9.17, 15) is 9.59 Å². The van der Waals surface area contributed by atoms with Crippen molar-refractivity contribution in [1.82, 2.24) is 9.88 Å². The number of amides is 1. The molecule has 0 radical (unpaired) electrons. The zero-order chi connectivity index (χ0) is 20.5. The van der Waals surface area contributed by atoms with E-state index in [1.165, 1.54) is 7.11 Å². The minimum Gasteiger partial charge on any atom is -0.497 e. The van der Waals surface area contributed by atoms with E-state index in [1.54, 1.807) is 20.1 Å². The maximum atomic E-state index is 12.3. The highest BCUT2D eigenvalue weighted by Crippen LogP contribution is 2.46. The van der Waals surface area contributed by atoms with Crippen molar-refractivity contribution in [3.8, 4) is 5.75 Å². The molecule has 29 heavy (non-hydrogen) atoms. The lowest BCUT2D eigenvalue weighted by atomic mass is 9.89. The van der Waals surface area contributed by atoms with Crippen LogP contribution in [0.2, 0.25) is 0 Å². The molecule has 1 amide bonds. The van der Waals surface area contributed by atoms with Crippen LogP contribution in [0.5, 0.6) is 5.75 Å². The van der Waals surface area contributed by atoms with E-state index in [0.717, 1.165) is 36.8 Å². The summed E-state index contributed by atoms with van der Waals surface area (Å²) in [6.45, 7) is 3.95. The first-order chi connectivity index (χ1) is 14.0. The number of fused-ring (bicyclic) bond motifs is 1. The van der Waals surface area contributed by atoms with Crippen LogP contribution in [0.25, 0.3) is 0 Å². The Morgan fingerprint density at radius 1 is 1.03 bits per heavy atom. The number of likely N-dealkylation sites (tertiary alicyclic amines) is 1. The molecule has 2 aliphatic rings. The molecular weight excluding hydrogens is 370 g/mol. The van der Waals surface area contributed by atoms with Gasteiger partial charge in [-0.2, -0.15) is 0 Å². The van der Waals surface area contributed by atoms with E-state index in [1.807, 2.05) is 41.3 Å². The number of benzene rings is 1. The fourth-order valence-electron chi connectivity index (χ4n) is 4.60. The fourth-order valence-corrected chi connectivity index (χ4v) is 4.60. The number of nitrogens with zero attached hydrogens (tertiary/aromatic N) is 3. The third-order valence-electron chi connectivity index (χ3n) is 5.98. The first-order valence-electron chi connectivity index (χ1n) is 9.73. The molecule has 0 bridgehead atoms. The van der Waals surface area contributed by atoms with Crippen molar-refractivity contribution in [2.45, 2.75) is 13.0 Å². The summed E-state index contributed by atoms with van der Waals surface area (Å²) < 4.78 is 10.1. The number of aromatic nitrogens is 1. The average Bonchev–Trinajstić information content (AvgIpc) is 3.31. The number of anilines is 1. The van der Waals surface area contributed by atoms with Crippen molar-refractivity contribution in [1.29, 1.82) is 0 Å². The highest BCUT2D eigenvalue weighted by molar-refractivity contribution is 5.87. The summed E-state index contributed by atoms with van der Waals surface area (Å²) in [5.74, 6) is 1.88. The van der Waals surface area contributed by atoms with E-state index in [2.05, 4.69) is 9.88 Å². The number of rotatable bonds is 4. The molecule has 4 rings (SSSR count). The van der Waals surface area contributed by atoms with E-state index < -0.39 is 5.97 Å². The fraction of sp³-hybridized carbons (Fsp3) is 0.409. The van der Waals surface area contributed by atoms with Gasteiger partial charge in [-0.1, -0.05) is 18.2 Å². The Morgan fingerprint density at radius 2 is 1.79 bits per heavy atom. The summed E-state index contributed by atoms with van der Waals surface area (Å²) in [6.07, 6.45) is 0. The smallest absolute Gasteiger partial charge is 0.356 e. The van der Waals surface area contributed by atoms with Gasteiger partial charge >= 0.3 is 5.97 Å². The van der Waals surface area contributed by atoms with E-state index in [4.69, 9.17) is 9.47 Å². The summed E-state index contributed by atoms with van der Waals surface area (Å²) in [7, 11) is 3.00. The first-order valence-corrected chi connectivity index (χ1v) is 9.73. The maximum absolute atomic E-state index is 12.3. The van der Waals surface area contributed by atoms with Gasteiger partial charge in [0, 0.05) is 38.4 Å². The van der Waals surface area contributed by atoms with Gasteiger partial charge in [0.25, 0.3) is 0 Å². The second-order valence-electron chi connectivity index (χ2n) is 7.59. The van der Waals surface area contributed by atoms with E-state index >= 15 is 0 Å². The molecule has 3 heterocycles. The zero-order valence-corrected chi connectivity index (χ0v) is 16.9. The van der Waals surface area contributed by atoms with Gasteiger partial charge in [-0.3, -0.25) is 4.79 Å². The van der Waals surface area contributed by atoms with Gasteiger partial charge in [0.2, 0.25) is 5.91 Å². The number of pyridine rings is 1. The van der Waals surface area contributed by atoms with Crippen molar-refractivity contribution >= 4 is 17.7 Å². The quantitative estimate of drug-likeness (QED) is 0.741. The predicted octanol–water partition coefficient (Wildman–Crippen LogP) is 2.53. The van der Waals surface area contributed by atoms with E-state index in [-0.39, 0.29) is 11.9 Å². The van der Waals surface area contributed by atoms with Crippen molar-refractivity contribution < 1.29 is 19.1 Å². The molecule has 1 aromatic carbocycles. The van der Waals surface area contributed by atoms with Crippen molar-refractivity contribution in [2.24, 2.45) is 11.8 Å². The molecular formula is C22H25N3O4. The SMILES string of the molecule is COC(=O)c1cccc(N2C[C@@H]3CN(C(C)=O)[C@@H](c4ccc(OC)cc4)[C@@H]3C2)n1. The normalized spacial score (nSPS) is 23.1. The second kappa shape index (κ2) is 7.73. The Kier molecular flexibility index (Phi) is 5.13. The molecule has 0 N–H and O–H groups in total. The number of methoxy groups -OCH3 is 2.